The normalized spacial score (nSPS) is 15.9. The van der Waals surface area contributed by atoms with Crippen molar-refractivity contribution in [2.75, 3.05) is 18.0 Å². The summed E-state index contributed by atoms with van der Waals surface area (Å²) in [5.74, 6) is 5.12. The third kappa shape index (κ3) is 2.32. The van der Waals surface area contributed by atoms with Gasteiger partial charge in [-0.1, -0.05) is 18.2 Å². The molecule has 0 saturated carbocycles. The summed E-state index contributed by atoms with van der Waals surface area (Å²) in [6.45, 7) is 5.82. The third-order valence-corrected chi connectivity index (χ3v) is 3.19. The summed E-state index contributed by atoms with van der Waals surface area (Å²) in [5.41, 5.74) is 1.81. The van der Waals surface area contributed by atoms with Crippen molar-refractivity contribution in [1.29, 1.82) is 0 Å². The minimum Gasteiger partial charge on any atom is -0.320 e. The molecule has 5 nitrogen and oxygen atoms in total. The molecule has 0 aromatic heterocycles. The van der Waals surface area contributed by atoms with Gasteiger partial charge in [0.05, 0.1) is 12.3 Å². The summed E-state index contributed by atoms with van der Waals surface area (Å²) in [5, 5.41) is 0. The molecule has 18 heavy (non-hydrogen) atoms. The average molecular weight is 249 g/mol. The molecular formula is C13H19N3O2. The van der Waals surface area contributed by atoms with Crippen LogP contribution < -0.4 is 10.8 Å². The number of carbonyl (C=O) groups is 1. The number of urea groups is 1. The van der Waals surface area contributed by atoms with Crippen molar-refractivity contribution in [2.24, 2.45) is 5.90 Å². The van der Waals surface area contributed by atoms with E-state index < -0.39 is 0 Å². The van der Waals surface area contributed by atoms with Gasteiger partial charge >= 0.3 is 6.03 Å². The molecule has 5 heteroatoms. The number of amides is 2. The van der Waals surface area contributed by atoms with E-state index in [4.69, 9.17) is 5.90 Å². The maximum atomic E-state index is 12.3. The molecule has 0 aliphatic carbocycles. The van der Waals surface area contributed by atoms with Gasteiger partial charge in [0.2, 0.25) is 0 Å². The Morgan fingerprint density at radius 2 is 2.06 bits per heavy atom. The molecular weight excluding hydrogens is 230 g/mol. The number of nitrogens with zero attached hydrogens (tertiary/aromatic N) is 2. The van der Waals surface area contributed by atoms with Crippen molar-refractivity contribution in [2.45, 2.75) is 26.5 Å². The summed E-state index contributed by atoms with van der Waals surface area (Å²) >= 11 is 0. The van der Waals surface area contributed by atoms with Crippen LogP contribution in [0.3, 0.4) is 0 Å². The topological polar surface area (TPSA) is 58.8 Å². The highest BCUT2D eigenvalue weighted by Crippen LogP contribution is 2.25. The van der Waals surface area contributed by atoms with E-state index in [1.165, 1.54) is 0 Å². The fraction of sp³-hybridized carbons (Fsp3) is 0.462. The predicted molar refractivity (Wildman–Crippen MR) is 70.0 cm³/mol. The van der Waals surface area contributed by atoms with Crippen molar-refractivity contribution in [3.8, 4) is 0 Å². The summed E-state index contributed by atoms with van der Waals surface area (Å²) in [6.07, 6.45) is 0. The van der Waals surface area contributed by atoms with Crippen LogP contribution in [0.5, 0.6) is 0 Å². The Morgan fingerprint density at radius 3 is 2.67 bits per heavy atom. The molecule has 0 atom stereocenters. The van der Waals surface area contributed by atoms with Crippen molar-refractivity contribution < 1.29 is 9.63 Å². The molecule has 0 spiro atoms. The molecule has 1 aromatic rings. The number of rotatable bonds is 4. The van der Waals surface area contributed by atoms with E-state index in [1.807, 2.05) is 43.0 Å². The minimum absolute atomic E-state index is 0.0504. The number of nitrogens with two attached hydrogens (primary N) is 1. The zero-order valence-corrected chi connectivity index (χ0v) is 10.8. The van der Waals surface area contributed by atoms with Gasteiger partial charge in [-0.05, 0) is 19.9 Å². The van der Waals surface area contributed by atoms with Crippen LogP contribution in [-0.2, 0) is 11.4 Å². The lowest BCUT2D eigenvalue weighted by Crippen LogP contribution is -2.36. The lowest BCUT2D eigenvalue weighted by Gasteiger charge is -2.23. The predicted octanol–water partition coefficient (Wildman–Crippen LogP) is 1.73. The highest BCUT2D eigenvalue weighted by molar-refractivity contribution is 5.95. The second kappa shape index (κ2) is 5.37. The number of anilines is 1. The number of hydrogen-bond donors (Lipinski definition) is 1. The van der Waals surface area contributed by atoms with Gasteiger partial charge in [-0.3, -0.25) is 9.74 Å². The van der Waals surface area contributed by atoms with Gasteiger partial charge in [-0.2, -0.15) is 0 Å². The second-order valence-electron chi connectivity index (χ2n) is 4.66. The maximum absolute atomic E-state index is 12.3. The van der Waals surface area contributed by atoms with Gasteiger partial charge in [0.25, 0.3) is 0 Å². The first-order valence-corrected chi connectivity index (χ1v) is 6.13. The van der Waals surface area contributed by atoms with Crippen molar-refractivity contribution in [1.82, 2.24) is 4.90 Å². The van der Waals surface area contributed by atoms with Gasteiger partial charge in [-0.15, -0.1) is 0 Å². The molecule has 1 fully saturated rings. The van der Waals surface area contributed by atoms with Crippen LogP contribution in [0.15, 0.2) is 24.3 Å². The SMILES string of the molecule is CC(C)N1CCN(c2ccccc2CON)C1=O. The first-order chi connectivity index (χ1) is 8.65. The molecule has 1 aromatic carbocycles. The molecule has 0 radical (unpaired) electrons. The molecule has 0 bridgehead atoms. The van der Waals surface area contributed by atoms with Crippen LogP contribution in [0.25, 0.3) is 0 Å². The van der Waals surface area contributed by atoms with Crippen LogP contribution in [-0.4, -0.2) is 30.1 Å². The smallest absolute Gasteiger partial charge is 0.320 e. The van der Waals surface area contributed by atoms with Gasteiger partial charge in [-0.25, -0.2) is 10.7 Å². The lowest BCUT2D eigenvalue weighted by molar-refractivity contribution is 0.124. The van der Waals surface area contributed by atoms with Gasteiger partial charge in [0.15, 0.2) is 0 Å². The summed E-state index contributed by atoms with van der Waals surface area (Å²) in [6, 6.07) is 7.96. The zero-order chi connectivity index (χ0) is 13.1. The van der Waals surface area contributed by atoms with Crippen LogP contribution in [0, 0.1) is 0 Å². The molecule has 1 saturated heterocycles. The second-order valence-corrected chi connectivity index (χ2v) is 4.66. The summed E-state index contributed by atoms with van der Waals surface area (Å²) in [7, 11) is 0. The molecule has 0 unspecified atom stereocenters. The fourth-order valence-corrected chi connectivity index (χ4v) is 2.24. The van der Waals surface area contributed by atoms with E-state index in [2.05, 4.69) is 4.84 Å². The average Bonchev–Trinajstić information content (AvgIpc) is 2.72. The first kappa shape index (κ1) is 12.9. The van der Waals surface area contributed by atoms with E-state index in [9.17, 15) is 4.79 Å². The highest BCUT2D eigenvalue weighted by Gasteiger charge is 2.31. The van der Waals surface area contributed by atoms with Crippen molar-refractivity contribution in [3.05, 3.63) is 29.8 Å². The molecule has 2 amide bonds. The van der Waals surface area contributed by atoms with E-state index in [1.54, 1.807) is 4.90 Å². The van der Waals surface area contributed by atoms with Gasteiger partial charge in [0, 0.05) is 24.7 Å². The first-order valence-electron chi connectivity index (χ1n) is 6.13. The number of para-hydroxylation sites is 1. The van der Waals surface area contributed by atoms with Crippen molar-refractivity contribution in [3.63, 3.8) is 0 Å². The Balaban J connectivity index is 2.25. The number of hydrogen-bond acceptors (Lipinski definition) is 3. The van der Waals surface area contributed by atoms with Gasteiger partial charge in [0.1, 0.15) is 0 Å². The van der Waals surface area contributed by atoms with E-state index in [0.29, 0.717) is 13.2 Å². The van der Waals surface area contributed by atoms with E-state index in [-0.39, 0.29) is 12.1 Å². The Hall–Kier alpha value is -1.59. The molecule has 2 rings (SSSR count). The van der Waals surface area contributed by atoms with Crippen LogP contribution in [0.1, 0.15) is 19.4 Å². The molecule has 1 aliphatic heterocycles. The molecule has 2 N–H and O–H groups in total. The Bertz CT molecular complexity index is 434. The van der Waals surface area contributed by atoms with E-state index >= 15 is 0 Å². The maximum Gasteiger partial charge on any atom is 0.324 e. The Labute approximate surface area is 107 Å². The Morgan fingerprint density at radius 1 is 1.33 bits per heavy atom. The molecule has 1 heterocycles. The van der Waals surface area contributed by atoms with Crippen LogP contribution >= 0.6 is 0 Å². The van der Waals surface area contributed by atoms with Crippen LogP contribution in [0.2, 0.25) is 0 Å². The lowest BCUT2D eigenvalue weighted by atomic mass is 10.2. The zero-order valence-electron chi connectivity index (χ0n) is 10.8. The molecule has 1 aliphatic rings. The minimum atomic E-state index is 0.0504. The van der Waals surface area contributed by atoms with Gasteiger partial charge < -0.3 is 4.90 Å². The monoisotopic (exact) mass is 249 g/mol. The summed E-state index contributed by atoms with van der Waals surface area (Å²) in [4.78, 5) is 20.6. The number of carbonyl (C=O) groups excluding carboxylic acids is 1. The fourth-order valence-electron chi connectivity index (χ4n) is 2.24. The third-order valence-electron chi connectivity index (χ3n) is 3.19. The van der Waals surface area contributed by atoms with Crippen molar-refractivity contribution >= 4 is 11.7 Å². The standard InChI is InChI=1S/C13H19N3O2/c1-10(2)15-7-8-16(13(15)17)12-6-4-3-5-11(12)9-18-14/h3-6,10H,7-9,14H2,1-2H3. The summed E-state index contributed by atoms with van der Waals surface area (Å²) < 4.78 is 0. The highest BCUT2D eigenvalue weighted by atomic mass is 16.6. The Kier molecular flexibility index (Phi) is 3.84. The van der Waals surface area contributed by atoms with Crippen LogP contribution in [0.4, 0.5) is 10.5 Å². The van der Waals surface area contributed by atoms with E-state index in [0.717, 1.165) is 17.8 Å². The quantitative estimate of drug-likeness (QED) is 0.827. The number of benzene rings is 1. The largest absolute Gasteiger partial charge is 0.324 e. The molecule has 98 valence electrons.